The van der Waals surface area contributed by atoms with Crippen LogP contribution in [-0.4, -0.2) is 12.5 Å². The maximum absolute atomic E-state index is 10.8. The minimum Gasteiger partial charge on any atom is -0.374 e. The van der Waals surface area contributed by atoms with Crippen molar-refractivity contribution in [3.63, 3.8) is 0 Å². The number of carbonyl (C=O) groups is 1. The van der Waals surface area contributed by atoms with Crippen LogP contribution >= 0.6 is 11.6 Å². The van der Waals surface area contributed by atoms with E-state index in [9.17, 15) is 4.79 Å². The summed E-state index contributed by atoms with van der Waals surface area (Å²) >= 11 is 5.81. The monoisotopic (exact) mass is 208 g/mol. The summed E-state index contributed by atoms with van der Waals surface area (Å²) in [6.07, 6.45) is 5.07. The standard InChI is InChI=1S/C10H9ClN2O/c1-2-5-13-7-3-4-8(10(12)14)9(11)6-7/h1,3-4,6,13H,5H2,(H2,12,14). The minimum absolute atomic E-state index is 0.304. The van der Waals surface area contributed by atoms with Gasteiger partial charge in [-0.25, -0.2) is 0 Å². The summed E-state index contributed by atoms with van der Waals surface area (Å²) in [6, 6.07) is 4.87. The van der Waals surface area contributed by atoms with Crippen molar-refractivity contribution in [2.75, 3.05) is 11.9 Å². The molecule has 0 aromatic heterocycles. The second kappa shape index (κ2) is 4.54. The van der Waals surface area contributed by atoms with Gasteiger partial charge in [0.25, 0.3) is 0 Å². The molecule has 0 aliphatic rings. The predicted molar refractivity (Wildman–Crippen MR) is 57.3 cm³/mol. The topological polar surface area (TPSA) is 55.1 Å². The average molecular weight is 209 g/mol. The lowest BCUT2D eigenvalue weighted by atomic mass is 10.2. The summed E-state index contributed by atoms with van der Waals surface area (Å²) in [5.74, 6) is 1.88. The highest BCUT2D eigenvalue weighted by Gasteiger charge is 2.06. The number of rotatable bonds is 3. The van der Waals surface area contributed by atoms with Crippen LogP contribution < -0.4 is 11.1 Å². The Hall–Kier alpha value is -1.66. The normalized spacial score (nSPS) is 9.14. The van der Waals surface area contributed by atoms with Crippen LogP contribution in [0.3, 0.4) is 0 Å². The number of hydrogen-bond donors (Lipinski definition) is 2. The lowest BCUT2D eigenvalue weighted by Gasteiger charge is -2.04. The van der Waals surface area contributed by atoms with Gasteiger partial charge in [0, 0.05) is 5.69 Å². The molecule has 14 heavy (non-hydrogen) atoms. The third-order valence-corrected chi connectivity index (χ3v) is 1.94. The van der Waals surface area contributed by atoms with Crippen LogP contribution in [0.25, 0.3) is 0 Å². The Morgan fingerprint density at radius 3 is 2.86 bits per heavy atom. The van der Waals surface area contributed by atoms with Gasteiger partial charge in [-0.2, -0.15) is 0 Å². The van der Waals surface area contributed by atoms with Crippen molar-refractivity contribution in [2.45, 2.75) is 0 Å². The van der Waals surface area contributed by atoms with Crippen molar-refractivity contribution in [1.29, 1.82) is 0 Å². The maximum atomic E-state index is 10.8. The number of primary amides is 1. The largest absolute Gasteiger partial charge is 0.374 e. The summed E-state index contributed by atoms with van der Waals surface area (Å²) in [5, 5.41) is 3.25. The van der Waals surface area contributed by atoms with E-state index >= 15 is 0 Å². The fraction of sp³-hybridized carbons (Fsp3) is 0.100. The zero-order valence-corrected chi connectivity index (χ0v) is 8.14. The molecule has 0 fully saturated rings. The van der Waals surface area contributed by atoms with Crippen LogP contribution in [0.15, 0.2) is 18.2 Å². The molecule has 0 saturated heterocycles. The number of anilines is 1. The Kier molecular flexibility index (Phi) is 3.38. The van der Waals surface area contributed by atoms with Crippen molar-refractivity contribution >= 4 is 23.2 Å². The van der Waals surface area contributed by atoms with Crippen molar-refractivity contribution < 1.29 is 4.79 Å². The second-order valence-corrected chi connectivity index (χ2v) is 3.02. The van der Waals surface area contributed by atoms with Crippen LogP contribution in [0.2, 0.25) is 5.02 Å². The summed E-state index contributed by atoms with van der Waals surface area (Å²) < 4.78 is 0. The number of hydrogen-bond acceptors (Lipinski definition) is 2. The highest BCUT2D eigenvalue weighted by molar-refractivity contribution is 6.34. The molecule has 0 spiro atoms. The molecule has 0 unspecified atom stereocenters. The van der Waals surface area contributed by atoms with Gasteiger partial charge in [-0.3, -0.25) is 4.79 Å². The molecule has 3 N–H and O–H groups in total. The molecule has 0 radical (unpaired) electrons. The van der Waals surface area contributed by atoms with Crippen LogP contribution in [0.4, 0.5) is 5.69 Å². The van der Waals surface area contributed by atoms with Gasteiger partial charge < -0.3 is 11.1 Å². The number of nitrogens with two attached hydrogens (primary N) is 1. The van der Waals surface area contributed by atoms with E-state index in [-0.39, 0.29) is 0 Å². The number of nitrogens with one attached hydrogen (secondary N) is 1. The second-order valence-electron chi connectivity index (χ2n) is 2.62. The summed E-state index contributed by atoms with van der Waals surface area (Å²) in [7, 11) is 0. The van der Waals surface area contributed by atoms with Crippen molar-refractivity contribution in [1.82, 2.24) is 0 Å². The molecule has 0 atom stereocenters. The lowest BCUT2D eigenvalue weighted by molar-refractivity contribution is 0.100. The smallest absolute Gasteiger partial charge is 0.250 e. The fourth-order valence-electron chi connectivity index (χ4n) is 0.978. The van der Waals surface area contributed by atoms with E-state index in [1.807, 2.05) is 0 Å². The van der Waals surface area contributed by atoms with Gasteiger partial charge in [-0.05, 0) is 18.2 Å². The Morgan fingerprint density at radius 1 is 1.64 bits per heavy atom. The molecular formula is C10H9ClN2O. The number of amides is 1. The molecule has 1 aromatic rings. The minimum atomic E-state index is -0.543. The number of benzene rings is 1. The van der Waals surface area contributed by atoms with Crippen LogP contribution in [-0.2, 0) is 0 Å². The molecule has 72 valence electrons. The van der Waals surface area contributed by atoms with Crippen molar-refractivity contribution in [2.24, 2.45) is 5.73 Å². The van der Waals surface area contributed by atoms with Gasteiger partial charge >= 0.3 is 0 Å². The van der Waals surface area contributed by atoms with Crippen LogP contribution in [0.5, 0.6) is 0 Å². The Bertz CT molecular complexity index is 396. The molecule has 0 saturated carbocycles. The molecule has 0 aliphatic carbocycles. The first-order chi connectivity index (χ1) is 6.65. The van der Waals surface area contributed by atoms with Crippen molar-refractivity contribution in [3.8, 4) is 12.3 Å². The summed E-state index contributed by atoms with van der Waals surface area (Å²) in [4.78, 5) is 10.8. The fourth-order valence-corrected chi connectivity index (χ4v) is 1.25. The zero-order chi connectivity index (χ0) is 10.6. The zero-order valence-electron chi connectivity index (χ0n) is 7.38. The van der Waals surface area contributed by atoms with Gasteiger partial charge in [-0.1, -0.05) is 17.5 Å². The number of carbonyl (C=O) groups excluding carboxylic acids is 1. The first kappa shape index (κ1) is 10.4. The molecule has 0 aliphatic heterocycles. The van der Waals surface area contributed by atoms with Crippen LogP contribution in [0, 0.1) is 12.3 Å². The Balaban J connectivity index is 2.90. The molecule has 0 bridgehead atoms. The molecule has 3 nitrogen and oxygen atoms in total. The van der Waals surface area contributed by atoms with Gasteiger partial charge in [0.1, 0.15) is 0 Å². The van der Waals surface area contributed by atoms with Crippen molar-refractivity contribution in [3.05, 3.63) is 28.8 Å². The first-order valence-electron chi connectivity index (χ1n) is 3.92. The predicted octanol–water partition coefficient (Wildman–Crippen LogP) is 1.48. The Labute approximate surface area is 87.2 Å². The Morgan fingerprint density at radius 2 is 2.36 bits per heavy atom. The van der Waals surface area contributed by atoms with E-state index in [1.165, 1.54) is 0 Å². The van der Waals surface area contributed by atoms with Gasteiger partial charge in [0.15, 0.2) is 0 Å². The third-order valence-electron chi connectivity index (χ3n) is 1.63. The molecule has 4 heteroatoms. The summed E-state index contributed by atoms with van der Waals surface area (Å²) in [6.45, 7) is 0.409. The van der Waals surface area contributed by atoms with E-state index in [0.29, 0.717) is 17.1 Å². The lowest BCUT2D eigenvalue weighted by Crippen LogP contribution is -2.11. The molecule has 1 rings (SSSR count). The summed E-state index contributed by atoms with van der Waals surface area (Å²) in [5.41, 5.74) is 6.15. The highest BCUT2D eigenvalue weighted by atomic mass is 35.5. The molecule has 1 aromatic carbocycles. The van der Waals surface area contributed by atoms with E-state index in [1.54, 1.807) is 18.2 Å². The van der Waals surface area contributed by atoms with Crippen LogP contribution in [0.1, 0.15) is 10.4 Å². The van der Waals surface area contributed by atoms with E-state index < -0.39 is 5.91 Å². The average Bonchev–Trinajstić information content (AvgIpc) is 2.14. The van der Waals surface area contributed by atoms with Gasteiger partial charge in [-0.15, -0.1) is 6.42 Å². The molecular weight excluding hydrogens is 200 g/mol. The maximum Gasteiger partial charge on any atom is 0.250 e. The van der Waals surface area contributed by atoms with E-state index in [0.717, 1.165) is 5.69 Å². The third kappa shape index (κ3) is 2.41. The molecule has 0 heterocycles. The van der Waals surface area contributed by atoms with E-state index in [4.69, 9.17) is 23.8 Å². The van der Waals surface area contributed by atoms with Gasteiger partial charge in [0.2, 0.25) is 5.91 Å². The number of terminal acetylenes is 1. The SMILES string of the molecule is C#CCNc1ccc(C(N)=O)c(Cl)c1. The van der Waals surface area contributed by atoms with Gasteiger partial charge in [0.05, 0.1) is 17.1 Å². The molecule has 1 amide bonds. The quantitative estimate of drug-likeness (QED) is 0.740. The number of halogens is 1. The first-order valence-corrected chi connectivity index (χ1v) is 4.29. The highest BCUT2D eigenvalue weighted by Crippen LogP contribution is 2.20. The van der Waals surface area contributed by atoms with E-state index in [2.05, 4.69) is 11.2 Å².